The minimum Gasteiger partial charge on any atom is -0.457 e. The molecule has 1 rings (SSSR count). The van der Waals surface area contributed by atoms with E-state index in [0.717, 1.165) is 5.56 Å². The fourth-order valence-electron chi connectivity index (χ4n) is 1.22. The van der Waals surface area contributed by atoms with Crippen LogP contribution >= 0.6 is 0 Å². The maximum Gasteiger partial charge on any atom is 0.323 e. The molecule has 0 spiro atoms. The molecule has 0 radical (unpaired) electrons. The zero-order chi connectivity index (χ0) is 11.3. The average Bonchev–Trinajstić information content (AvgIpc) is 2.29. The van der Waals surface area contributed by atoms with E-state index in [-0.39, 0.29) is 12.1 Å². The number of hydrogen-bond donors (Lipinski definition) is 1. The first-order chi connectivity index (χ1) is 7.15. The molecule has 82 valence electrons. The van der Waals surface area contributed by atoms with Gasteiger partial charge in [-0.2, -0.15) is 0 Å². The summed E-state index contributed by atoms with van der Waals surface area (Å²) in [6, 6.07) is 9.09. The monoisotopic (exact) mass is 207 g/mol. The number of esters is 1. The molecule has 0 saturated heterocycles. The van der Waals surface area contributed by atoms with E-state index < -0.39 is 6.04 Å². The van der Waals surface area contributed by atoms with Crippen molar-refractivity contribution in [2.75, 3.05) is 0 Å². The first kappa shape index (κ1) is 11.7. The number of rotatable bonds is 4. The highest BCUT2D eigenvalue weighted by Gasteiger charge is 2.16. The molecule has 0 fully saturated rings. The van der Waals surface area contributed by atoms with E-state index in [1.165, 1.54) is 0 Å². The van der Waals surface area contributed by atoms with Crippen LogP contribution in [0.1, 0.15) is 31.9 Å². The van der Waals surface area contributed by atoms with Gasteiger partial charge in [-0.1, -0.05) is 37.3 Å². The number of carbonyl (C=O) groups is 1. The molecule has 15 heavy (non-hydrogen) atoms. The van der Waals surface area contributed by atoms with Crippen LogP contribution in [0.25, 0.3) is 0 Å². The van der Waals surface area contributed by atoms with Crippen LogP contribution in [-0.4, -0.2) is 12.0 Å². The molecule has 3 heteroatoms. The van der Waals surface area contributed by atoms with E-state index in [1.54, 1.807) is 0 Å². The van der Waals surface area contributed by atoms with Gasteiger partial charge in [-0.05, 0) is 18.9 Å². The van der Waals surface area contributed by atoms with Crippen molar-refractivity contribution in [1.82, 2.24) is 0 Å². The standard InChI is InChI=1S/C12H17NO2/c1-3-11(13)12(14)15-9(2)10-7-5-4-6-8-10/h4-9,11H,3,13H2,1-2H3/t9-,11?/m1/s1. The second kappa shape index (κ2) is 5.51. The summed E-state index contributed by atoms with van der Waals surface area (Å²) in [5.41, 5.74) is 6.55. The summed E-state index contributed by atoms with van der Waals surface area (Å²) < 4.78 is 5.23. The number of ether oxygens (including phenoxy) is 1. The zero-order valence-corrected chi connectivity index (χ0v) is 9.14. The minimum absolute atomic E-state index is 0.240. The Bertz CT molecular complexity index is 311. The molecule has 1 unspecified atom stereocenters. The predicted octanol–water partition coefficient (Wildman–Crippen LogP) is 2.03. The number of carbonyl (C=O) groups excluding carboxylic acids is 1. The van der Waals surface area contributed by atoms with Gasteiger partial charge in [0.05, 0.1) is 0 Å². The first-order valence-electron chi connectivity index (χ1n) is 5.16. The van der Waals surface area contributed by atoms with Crippen molar-refractivity contribution in [3.05, 3.63) is 35.9 Å². The Labute approximate surface area is 90.2 Å². The van der Waals surface area contributed by atoms with Crippen molar-refractivity contribution in [1.29, 1.82) is 0 Å². The molecular formula is C12H17NO2. The second-order valence-corrected chi connectivity index (χ2v) is 3.50. The van der Waals surface area contributed by atoms with E-state index >= 15 is 0 Å². The molecule has 0 heterocycles. The van der Waals surface area contributed by atoms with Gasteiger partial charge in [-0.3, -0.25) is 4.79 Å². The molecule has 2 N–H and O–H groups in total. The highest BCUT2D eigenvalue weighted by Crippen LogP contribution is 2.16. The normalized spacial score (nSPS) is 14.3. The van der Waals surface area contributed by atoms with Gasteiger partial charge < -0.3 is 10.5 Å². The Kier molecular flexibility index (Phi) is 4.31. The third-order valence-corrected chi connectivity index (χ3v) is 2.30. The zero-order valence-electron chi connectivity index (χ0n) is 9.14. The molecule has 1 aromatic carbocycles. The highest BCUT2D eigenvalue weighted by atomic mass is 16.5. The van der Waals surface area contributed by atoms with Crippen molar-refractivity contribution in [2.45, 2.75) is 32.4 Å². The fourth-order valence-corrected chi connectivity index (χ4v) is 1.22. The summed E-state index contributed by atoms with van der Waals surface area (Å²) in [7, 11) is 0. The van der Waals surface area contributed by atoms with Crippen LogP contribution < -0.4 is 5.73 Å². The lowest BCUT2D eigenvalue weighted by molar-refractivity contribution is -0.150. The SMILES string of the molecule is CCC(N)C(=O)O[C@H](C)c1ccccc1. The molecular weight excluding hydrogens is 190 g/mol. The summed E-state index contributed by atoms with van der Waals surface area (Å²) in [4.78, 5) is 11.4. The maximum absolute atomic E-state index is 11.4. The van der Waals surface area contributed by atoms with Crippen LogP contribution in [0.3, 0.4) is 0 Å². The van der Waals surface area contributed by atoms with E-state index in [0.29, 0.717) is 6.42 Å². The Morgan fingerprint density at radius 2 is 2.00 bits per heavy atom. The Morgan fingerprint density at radius 3 is 2.53 bits per heavy atom. The molecule has 3 nitrogen and oxygen atoms in total. The average molecular weight is 207 g/mol. The van der Waals surface area contributed by atoms with E-state index in [9.17, 15) is 4.79 Å². The summed E-state index contributed by atoms with van der Waals surface area (Å²) in [5, 5.41) is 0. The van der Waals surface area contributed by atoms with Crippen LogP contribution in [0.5, 0.6) is 0 Å². The van der Waals surface area contributed by atoms with Gasteiger partial charge in [0, 0.05) is 0 Å². The lowest BCUT2D eigenvalue weighted by Gasteiger charge is -2.16. The summed E-state index contributed by atoms with van der Waals surface area (Å²) in [6.45, 7) is 3.70. The van der Waals surface area contributed by atoms with Gasteiger partial charge in [-0.15, -0.1) is 0 Å². The molecule has 0 bridgehead atoms. The van der Waals surface area contributed by atoms with Crippen LogP contribution in [0.2, 0.25) is 0 Å². The maximum atomic E-state index is 11.4. The van der Waals surface area contributed by atoms with Gasteiger partial charge in [0.1, 0.15) is 12.1 Å². The molecule has 1 aromatic rings. The van der Waals surface area contributed by atoms with Crippen molar-refractivity contribution in [2.24, 2.45) is 5.73 Å². The molecule has 0 aliphatic rings. The topological polar surface area (TPSA) is 52.3 Å². The third kappa shape index (κ3) is 3.36. The summed E-state index contributed by atoms with van der Waals surface area (Å²) in [5.74, 6) is -0.339. The van der Waals surface area contributed by atoms with E-state index in [4.69, 9.17) is 10.5 Å². The lowest BCUT2D eigenvalue weighted by Crippen LogP contribution is -2.32. The predicted molar refractivity (Wildman–Crippen MR) is 59.2 cm³/mol. The Balaban J connectivity index is 2.56. The molecule has 0 aliphatic heterocycles. The van der Waals surface area contributed by atoms with Gasteiger partial charge >= 0.3 is 5.97 Å². The number of nitrogens with two attached hydrogens (primary N) is 1. The molecule has 0 amide bonds. The van der Waals surface area contributed by atoms with Crippen molar-refractivity contribution in [3.63, 3.8) is 0 Å². The van der Waals surface area contributed by atoms with Crippen molar-refractivity contribution in [3.8, 4) is 0 Å². The molecule has 2 atom stereocenters. The van der Waals surface area contributed by atoms with Gasteiger partial charge in [-0.25, -0.2) is 0 Å². The van der Waals surface area contributed by atoms with Crippen LogP contribution in [0, 0.1) is 0 Å². The fraction of sp³-hybridized carbons (Fsp3) is 0.417. The lowest BCUT2D eigenvalue weighted by atomic mass is 10.1. The summed E-state index contributed by atoms with van der Waals surface area (Å²) >= 11 is 0. The van der Waals surface area contributed by atoms with Crippen LogP contribution in [0.4, 0.5) is 0 Å². The Hall–Kier alpha value is -1.35. The smallest absolute Gasteiger partial charge is 0.323 e. The van der Waals surface area contributed by atoms with Gasteiger partial charge in [0.2, 0.25) is 0 Å². The van der Waals surface area contributed by atoms with Crippen molar-refractivity contribution < 1.29 is 9.53 Å². The minimum atomic E-state index is -0.517. The Morgan fingerprint density at radius 1 is 1.40 bits per heavy atom. The molecule has 0 aliphatic carbocycles. The third-order valence-electron chi connectivity index (χ3n) is 2.30. The molecule has 0 aromatic heterocycles. The number of hydrogen-bond acceptors (Lipinski definition) is 3. The number of benzene rings is 1. The first-order valence-corrected chi connectivity index (χ1v) is 5.16. The van der Waals surface area contributed by atoms with Gasteiger partial charge in [0.15, 0.2) is 0 Å². The van der Waals surface area contributed by atoms with Gasteiger partial charge in [0.25, 0.3) is 0 Å². The summed E-state index contributed by atoms with van der Waals surface area (Å²) in [6.07, 6.45) is 0.358. The van der Waals surface area contributed by atoms with Crippen LogP contribution in [0.15, 0.2) is 30.3 Å². The van der Waals surface area contributed by atoms with E-state index in [1.807, 2.05) is 44.2 Å². The van der Waals surface area contributed by atoms with Crippen molar-refractivity contribution >= 4 is 5.97 Å². The highest BCUT2D eigenvalue weighted by molar-refractivity contribution is 5.75. The van der Waals surface area contributed by atoms with Crippen LogP contribution in [-0.2, 0) is 9.53 Å². The quantitative estimate of drug-likeness (QED) is 0.768. The van der Waals surface area contributed by atoms with E-state index in [2.05, 4.69) is 0 Å². The molecule has 0 saturated carbocycles. The second-order valence-electron chi connectivity index (χ2n) is 3.50. The largest absolute Gasteiger partial charge is 0.457 e.